The summed E-state index contributed by atoms with van der Waals surface area (Å²) >= 11 is 0. The lowest BCUT2D eigenvalue weighted by molar-refractivity contribution is -0.385. The molecule has 4 unspecified atom stereocenters. The average molecular weight is 392 g/mol. The van der Waals surface area contributed by atoms with Crippen LogP contribution in [0.25, 0.3) is 0 Å². The molecule has 2 saturated heterocycles. The molecule has 4 heterocycles. The maximum Gasteiger partial charge on any atom is 0.287 e. The van der Waals surface area contributed by atoms with E-state index < -0.39 is 28.5 Å². The Hall–Kier alpha value is -3.59. The van der Waals surface area contributed by atoms with Crippen LogP contribution in [0.3, 0.4) is 0 Å². The third kappa shape index (κ3) is 2.54. The molecule has 0 spiro atoms. The van der Waals surface area contributed by atoms with E-state index in [0.29, 0.717) is 11.5 Å². The van der Waals surface area contributed by atoms with Crippen molar-refractivity contribution in [3.05, 3.63) is 70.9 Å². The van der Waals surface area contributed by atoms with Crippen LogP contribution in [0, 0.1) is 22.0 Å². The number of aromatic nitrogens is 1. The molecule has 29 heavy (non-hydrogen) atoms. The standard InChI is InChI=1S/C20H16N4O5/c25-18-16-14-8-9-20(29-14,11-22-15-7-6-13(10-21-15)24(27)28)17(16)19(26)23(18)12-4-2-1-3-5-12/h1-10,14,16-17H,11H2,(H,21,22). The van der Waals surface area contributed by atoms with Crippen molar-refractivity contribution in [2.45, 2.75) is 11.7 Å². The highest BCUT2D eigenvalue weighted by molar-refractivity contribution is 6.23. The number of carbonyl (C=O) groups excluding carboxylic acids is 2. The molecule has 2 bridgehead atoms. The van der Waals surface area contributed by atoms with E-state index >= 15 is 0 Å². The Kier molecular flexibility index (Phi) is 3.75. The maximum absolute atomic E-state index is 13.2. The van der Waals surface area contributed by atoms with Crippen LogP contribution in [0.4, 0.5) is 17.2 Å². The molecule has 5 rings (SSSR count). The van der Waals surface area contributed by atoms with E-state index in [1.807, 2.05) is 18.2 Å². The van der Waals surface area contributed by atoms with Crippen LogP contribution < -0.4 is 10.2 Å². The van der Waals surface area contributed by atoms with Crippen LogP contribution in [0.2, 0.25) is 0 Å². The second kappa shape index (κ2) is 6.21. The Bertz CT molecular complexity index is 1040. The minimum absolute atomic E-state index is 0.109. The zero-order valence-electron chi connectivity index (χ0n) is 15.1. The average Bonchev–Trinajstić information content (AvgIpc) is 3.38. The number of nitrogens with one attached hydrogen (secondary N) is 1. The van der Waals surface area contributed by atoms with Gasteiger partial charge in [-0.15, -0.1) is 0 Å². The van der Waals surface area contributed by atoms with E-state index in [4.69, 9.17) is 4.74 Å². The highest BCUT2D eigenvalue weighted by Gasteiger charge is 2.67. The van der Waals surface area contributed by atoms with Gasteiger partial charge in [-0.05, 0) is 18.2 Å². The largest absolute Gasteiger partial charge is 0.367 e. The lowest BCUT2D eigenvalue weighted by atomic mass is 9.77. The summed E-state index contributed by atoms with van der Waals surface area (Å²) in [5.41, 5.74) is -0.520. The Labute approximate surface area is 165 Å². The first-order chi connectivity index (χ1) is 14.0. The predicted octanol–water partition coefficient (Wildman–Crippen LogP) is 1.91. The fourth-order valence-electron chi connectivity index (χ4n) is 4.37. The van der Waals surface area contributed by atoms with Crippen molar-refractivity contribution in [2.75, 3.05) is 16.8 Å². The summed E-state index contributed by atoms with van der Waals surface area (Å²) in [6.45, 7) is 0.216. The lowest BCUT2D eigenvalue weighted by Crippen LogP contribution is -2.45. The van der Waals surface area contributed by atoms with E-state index in [2.05, 4.69) is 10.3 Å². The predicted molar refractivity (Wildman–Crippen MR) is 102 cm³/mol. The summed E-state index contributed by atoms with van der Waals surface area (Å²) in [7, 11) is 0. The molecule has 1 aromatic carbocycles. The summed E-state index contributed by atoms with van der Waals surface area (Å²) < 4.78 is 6.06. The first kappa shape index (κ1) is 17.5. The van der Waals surface area contributed by atoms with Crippen molar-refractivity contribution in [3.8, 4) is 0 Å². The van der Waals surface area contributed by atoms with Crippen LogP contribution in [-0.2, 0) is 14.3 Å². The molecule has 0 saturated carbocycles. The van der Waals surface area contributed by atoms with Gasteiger partial charge in [0.2, 0.25) is 11.8 Å². The van der Waals surface area contributed by atoms with Gasteiger partial charge < -0.3 is 10.1 Å². The van der Waals surface area contributed by atoms with Crippen molar-refractivity contribution >= 4 is 29.0 Å². The van der Waals surface area contributed by atoms with Crippen LogP contribution in [-0.4, -0.2) is 40.0 Å². The van der Waals surface area contributed by atoms with Gasteiger partial charge in [-0.25, -0.2) is 9.88 Å². The number of carbonyl (C=O) groups is 2. The van der Waals surface area contributed by atoms with Gasteiger partial charge in [0.15, 0.2) is 0 Å². The quantitative estimate of drug-likeness (QED) is 0.358. The number of amides is 2. The van der Waals surface area contributed by atoms with Gasteiger partial charge in [0.05, 0.1) is 28.6 Å². The number of pyridine rings is 1. The Morgan fingerprint density at radius 2 is 1.97 bits per heavy atom. The number of nitro groups is 1. The number of anilines is 2. The van der Waals surface area contributed by atoms with Gasteiger partial charge >= 0.3 is 0 Å². The van der Waals surface area contributed by atoms with Crippen LogP contribution in [0.5, 0.6) is 0 Å². The molecule has 9 heteroatoms. The Balaban J connectivity index is 1.40. The second-order valence-electron chi connectivity index (χ2n) is 7.26. The summed E-state index contributed by atoms with van der Waals surface area (Å²) in [5.74, 6) is -1.30. The smallest absolute Gasteiger partial charge is 0.287 e. The molecular formula is C20H16N4O5. The van der Waals surface area contributed by atoms with Crippen LogP contribution in [0.15, 0.2) is 60.8 Å². The summed E-state index contributed by atoms with van der Waals surface area (Å²) in [6.07, 6.45) is 4.37. The third-order valence-electron chi connectivity index (χ3n) is 5.67. The van der Waals surface area contributed by atoms with E-state index in [9.17, 15) is 19.7 Å². The Morgan fingerprint density at radius 1 is 1.17 bits per heavy atom. The zero-order valence-corrected chi connectivity index (χ0v) is 15.1. The number of imide groups is 1. The fraction of sp³-hybridized carbons (Fsp3) is 0.250. The number of rotatable bonds is 5. The summed E-state index contributed by atoms with van der Waals surface area (Å²) in [4.78, 5) is 41.7. The van der Waals surface area contributed by atoms with E-state index in [-0.39, 0.29) is 24.0 Å². The molecular weight excluding hydrogens is 376 g/mol. The highest BCUT2D eigenvalue weighted by atomic mass is 16.6. The van der Waals surface area contributed by atoms with Crippen molar-refractivity contribution in [1.29, 1.82) is 0 Å². The molecule has 1 N–H and O–H groups in total. The SMILES string of the molecule is O=C1C2C3C=CC(CNc4ccc([N+](=O)[O-])cn4)(O3)C2C(=O)N1c1ccccc1. The second-order valence-corrected chi connectivity index (χ2v) is 7.26. The minimum atomic E-state index is -0.963. The number of hydrogen-bond acceptors (Lipinski definition) is 7. The first-order valence-electron chi connectivity index (χ1n) is 9.14. The van der Waals surface area contributed by atoms with Gasteiger partial charge in [-0.2, -0.15) is 0 Å². The normalized spacial score (nSPS) is 29.4. The molecule has 0 radical (unpaired) electrons. The first-order valence-corrected chi connectivity index (χ1v) is 9.14. The maximum atomic E-state index is 13.2. The van der Waals surface area contributed by atoms with Gasteiger partial charge in [0, 0.05) is 12.6 Å². The molecule has 3 aliphatic rings. The number of ether oxygens (including phenoxy) is 1. The zero-order chi connectivity index (χ0) is 20.2. The van der Waals surface area contributed by atoms with Crippen molar-refractivity contribution in [1.82, 2.24) is 4.98 Å². The Morgan fingerprint density at radius 3 is 2.66 bits per heavy atom. The monoisotopic (exact) mass is 392 g/mol. The van der Waals surface area contributed by atoms with Crippen molar-refractivity contribution in [3.63, 3.8) is 0 Å². The highest BCUT2D eigenvalue weighted by Crippen LogP contribution is 2.52. The number of benzene rings is 1. The lowest BCUT2D eigenvalue weighted by Gasteiger charge is -2.29. The molecule has 2 fully saturated rings. The summed E-state index contributed by atoms with van der Waals surface area (Å²) in [6, 6.07) is 11.7. The van der Waals surface area contributed by atoms with Crippen molar-refractivity contribution in [2.24, 2.45) is 11.8 Å². The summed E-state index contributed by atoms with van der Waals surface area (Å²) in [5, 5.41) is 13.8. The van der Waals surface area contributed by atoms with Crippen LogP contribution >= 0.6 is 0 Å². The van der Waals surface area contributed by atoms with Gasteiger partial charge in [-0.1, -0.05) is 30.4 Å². The number of para-hydroxylation sites is 1. The van der Waals surface area contributed by atoms with E-state index in [1.165, 1.54) is 17.0 Å². The molecule has 1 aromatic heterocycles. The molecule has 3 aliphatic heterocycles. The van der Waals surface area contributed by atoms with Gasteiger partial charge in [-0.3, -0.25) is 19.7 Å². The molecule has 2 amide bonds. The van der Waals surface area contributed by atoms with E-state index in [0.717, 1.165) is 6.20 Å². The molecule has 2 aromatic rings. The fourth-order valence-corrected chi connectivity index (χ4v) is 4.37. The van der Waals surface area contributed by atoms with Gasteiger partial charge in [0.25, 0.3) is 5.69 Å². The number of fused-ring (bicyclic) bond motifs is 5. The van der Waals surface area contributed by atoms with Crippen molar-refractivity contribution < 1.29 is 19.2 Å². The minimum Gasteiger partial charge on any atom is -0.367 e. The topological polar surface area (TPSA) is 115 Å². The molecule has 9 nitrogen and oxygen atoms in total. The molecule has 4 atom stereocenters. The number of nitrogens with zero attached hydrogens (tertiary/aromatic N) is 3. The number of hydrogen-bond donors (Lipinski definition) is 1. The van der Waals surface area contributed by atoms with Gasteiger partial charge in [0.1, 0.15) is 17.6 Å². The molecule has 0 aliphatic carbocycles. The van der Waals surface area contributed by atoms with Crippen LogP contribution in [0.1, 0.15) is 0 Å². The van der Waals surface area contributed by atoms with E-state index in [1.54, 1.807) is 24.3 Å². The third-order valence-corrected chi connectivity index (χ3v) is 5.67. The molecule has 146 valence electrons.